The predicted octanol–water partition coefficient (Wildman–Crippen LogP) is 2.93. The lowest BCUT2D eigenvalue weighted by atomic mass is 10.2. The van der Waals surface area contributed by atoms with E-state index in [1.165, 1.54) is 23.5 Å². The van der Waals surface area contributed by atoms with Crippen LogP contribution in [0.4, 0.5) is 0 Å². The summed E-state index contributed by atoms with van der Waals surface area (Å²) in [7, 11) is -3.98. The van der Waals surface area contributed by atoms with Gasteiger partial charge in [-0.3, -0.25) is 9.59 Å². The number of nitrogens with one attached hydrogen (secondary N) is 2. The number of carbonyl (C=O) groups excluding carboxylic acids is 2. The van der Waals surface area contributed by atoms with Gasteiger partial charge in [-0.25, -0.2) is 8.42 Å². The van der Waals surface area contributed by atoms with Crippen molar-refractivity contribution in [1.82, 2.24) is 10.0 Å². The minimum absolute atomic E-state index is 0.0112. The van der Waals surface area contributed by atoms with Crippen LogP contribution in [0.25, 0.3) is 0 Å². The Hall–Kier alpha value is -1.75. The highest BCUT2D eigenvalue weighted by Gasteiger charge is 2.30. The molecular weight excluding hydrogens is 468 g/mol. The normalized spacial score (nSPS) is 13.0. The Morgan fingerprint density at radius 2 is 1.79 bits per heavy atom. The number of ether oxygens (including phenoxy) is 1. The monoisotopic (exact) mass is 488 g/mol. The molecule has 0 saturated heterocycles. The molecule has 0 fully saturated rings. The molecule has 10 heteroatoms. The van der Waals surface area contributed by atoms with Crippen molar-refractivity contribution in [2.75, 3.05) is 6.54 Å². The predicted molar refractivity (Wildman–Crippen MR) is 111 cm³/mol. The topological polar surface area (TPSA) is 102 Å². The van der Waals surface area contributed by atoms with Gasteiger partial charge in [0.15, 0.2) is 0 Å². The Labute approximate surface area is 176 Å². The largest absolute Gasteiger partial charge is 0.459 e. The van der Waals surface area contributed by atoms with Gasteiger partial charge in [0.1, 0.15) is 11.6 Å². The van der Waals surface area contributed by atoms with Crippen LogP contribution in [0.2, 0.25) is 0 Å². The smallest absolute Gasteiger partial charge is 0.326 e. The zero-order valence-electron chi connectivity index (χ0n) is 15.6. The summed E-state index contributed by atoms with van der Waals surface area (Å²) < 4.78 is 33.6. The Morgan fingerprint density at radius 1 is 1.14 bits per heavy atom. The number of thiophene rings is 1. The highest BCUT2D eigenvalue weighted by Crippen LogP contribution is 2.21. The van der Waals surface area contributed by atoms with Gasteiger partial charge in [0, 0.05) is 6.54 Å². The SMILES string of the molecule is CC(C)(C)OC(=O)[C@H](CNC(=O)c1ccc(Br)s1)NS(=O)(=O)c1ccccc1. The lowest BCUT2D eigenvalue weighted by Crippen LogP contribution is -2.50. The maximum Gasteiger partial charge on any atom is 0.326 e. The third kappa shape index (κ3) is 6.69. The first-order chi connectivity index (χ1) is 13.0. The molecule has 28 heavy (non-hydrogen) atoms. The van der Waals surface area contributed by atoms with Gasteiger partial charge in [-0.2, -0.15) is 4.72 Å². The van der Waals surface area contributed by atoms with E-state index in [0.717, 1.165) is 3.79 Å². The van der Waals surface area contributed by atoms with Crippen LogP contribution in [0.1, 0.15) is 30.4 Å². The van der Waals surface area contributed by atoms with Crippen molar-refractivity contribution >= 4 is 49.2 Å². The van der Waals surface area contributed by atoms with Crippen molar-refractivity contribution < 1.29 is 22.7 Å². The number of rotatable bonds is 7. The molecule has 1 aromatic carbocycles. The van der Waals surface area contributed by atoms with E-state index in [4.69, 9.17) is 4.74 Å². The van der Waals surface area contributed by atoms with E-state index in [1.54, 1.807) is 51.1 Å². The second-order valence-corrected chi connectivity index (χ2v) is 11.0. The highest BCUT2D eigenvalue weighted by molar-refractivity contribution is 9.11. The van der Waals surface area contributed by atoms with E-state index in [0.29, 0.717) is 4.88 Å². The first kappa shape index (κ1) is 22.5. The van der Waals surface area contributed by atoms with Crippen molar-refractivity contribution in [2.24, 2.45) is 0 Å². The molecule has 1 aromatic heterocycles. The maximum atomic E-state index is 12.6. The molecule has 2 aromatic rings. The fourth-order valence-electron chi connectivity index (χ4n) is 2.12. The second kappa shape index (κ2) is 9.17. The number of carbonyl (C=O) groups is 2. The van der Waals surface area contributed by atoms with Crippen LogP contribution in [0.5, 0.6) is 0 Å². The Balaban J connectivity index is 2.17. The zero-order chi connectivity index (χ0) is 20.9. The van der Waals surface area contributed by atoms with Crippen LogP contribution < -0.4 is 10.0 Å². The molecule has 0 spiro atoms. The lowest BCUT2D eigenvalue weighted by Gasteiger charge is -2.24. The summed E-state index contributed by atoms with van der Waals surface area (Å²) in [5, 5.41) is 2.58. The average molecular weight is 489 g/mol. The van der Waals surface area contributed by atoms with Gasteiger partial charge in [-0.1, -0.05) is 18.2 Å². The number of hydrogen-bond acceptors (Lipinski definition) is 6. The van der Waals surface area contributed by atoms with E-state index in [-0.39, 0.29) is 11.4 Å². The standard InChI is InChI=1S/C18H21BrN2O5S2/c1-18(2,3)26-17(23)13(11-20-16(22)14-9-10-15(19)27-14)21-28(24,25)12-7-5-4-6-8-12/h4-10,13,21H,11H2,1-3H3,(H,20,22)/t13-/m0/s1. The van der Waals surface area contributed by atoms with Gasteiger partial charge in [-0.15, -0.1) is 11.3 Å². The van der Waals surface area contributed by atoms with Crippen LogP contribution in [-0.2, 0) is 19.6 Å². The van der Waals surface area contributed by atoms with Gasteiger partial charge in [0.25, 0.3) is 5.91 Å². The fourth-order valence-corrected chi connectivity index (χ4v) is 4.63. The molecule has 0 bridgehead atoms. The molecule has 0 aliphatic heterocycles. The molecule has 0 aliphatic carbocycles. The summed E-state index contributed by atoms with van der Waals surface area (Å²) in [6.07, 6.45) is 0. The van der Waals surface area contributed by atoms with Crippen molar-refractivity contribution in [2.45, 2.75) is 37.3 Å². The molecular formula is C18H21BrN2O5S2. The minimum atomic E-state index is -3.98. The van der Waals surface area contributed by atoms with Crippen LogP contribution in [-0.4, -0.2) is 38.5 Å². The summed E-state index contributed by atoms with van der Waals surface area (Å²) in [6, 6.07) is 9.73. The summed E-state index contributed by atoms with van der Waals surface area (Å²) in [5.41, 5.74) is -0.809. The van der Waals surface area contributed by atoms with Gasteiger partial charge in [0.05, 0.1) is 13.6 Å². The fraction of sp³-hybridized carbons (Fsp3) is 0.333. The summed E-state index contributed by atoms with van der Waals surface area (Å²) >= 11 is 4.50. The van der Waals surface area contributed by atoms with Crippen molar-refractivity contribution in [1.29, 1.82) is 0 Å². The van der Waals surface area contributed by atoms with Gasteiger partial charge >= 0.3 is 5.97 Å². The molecule has 1 atom stereocenters. The molecule has 1 heterocycles. The van der Waals surface area contributed by atoms with Crippen LogP contribution in [0, 0.1) is 0 Å². The molecule has 2 N–H and O–H groups in total. The van der Waals surface area contributed by atoms with Crippen LogP contribution >= 0.6 is 27.3 Å². The van der Waals surface area contributed by atoms with E-state index in [1.807, 2.05) is 0 Å². The van der Waals surface area contributed by atoms with E-state index < -0.39 is 33.5 Å². The molecule has 0 radical (unpaired) electrons. The van der Waals surface area contributed by atoms with Crippen LogP contribution in [0.3, 0.4) is 0 Å². The molecule has 2 rings (SSSR count). The summed E-state index contributed by atoms with van der Waals surface area (Å²) in [6.45, 7) is 4.77. The first-order valence-corrected chi connectivity index (χ1v) is 11.4. The Morgan fingerprint density at radius 3 is 2.32 bits per heavy atom. The van der Waals surface area contributed by atoms with E-state index >= 15 is 0 Å². The van der Waals surface area contributed by atoms with E-state index in [9.17, 15) is 18.0 Å². The quantitative estimate of drug-likeness (QED) is 0.583. The maximum absolute atomic E-state index is 12.6. The van der Waals surface area contributed by atoms with Gasteiger partial charge in [0.2, 0.25) is 10.0 Å². The van der Waals surface area contributed by atoms with E-state index in [2.05, 4.69) is 26.0 Å². The third-order valence-electron chi connectivity index (χ3n) is 3.31. The van der Waals surface area contributed by atoms with Crippen molar-refractivity contribution in [3.8, 4) is 0 Å². The summed E-state index contributed by atoms with van der Waals surface area (Å²) in [5.74, 6) is -1.19. The lowest BCUT2D eigenvalue weighted by molar-refractivity contribution is -0.156. The number of halogens is 1. The Bertz CT molecular complexity index is 936. The van der Waals surface area contributed by atoms with Crippen molar-refractivity contribution in [3.63, 3.8) is 0 Å². The number of amides is 1. The summed E-state index contributed by atoms with van der Waals surface area (Å²) in [4.78, 5) is 25.2. The third-order valence-corrected chi connectivity index (χ3v) is 6.42. The first-order valence-electron chi connectivity index (χ1n) is 8.32. The van der Waals surface area contributed by atoms with Crippen molar-refractivity contribution in [3.05, 3.63) is 51.1 Å². The number of sulfonamides is 1. The molecule has 1 amide bonds. The number of esters is 1. The second-order valence-electron chi connectivity index (χ2n) is 6.83. The van der Waals surface area contributed by atoms with Gasteiger partial charge in [-0.05, 0) is 61.0 Å². The van der Waals surface area contributed by atoms with Crippen LogP contribution in [0.15, 0.2) is 51.1 Å². The number of hydrogen-bond donors (Lipinski definition) is 2. The molecule has 152 valence electrons. The average Bonchev–Trinajstić information content (AvgIpc) is 3.04. The number of benzene rings is 1. The molecule has 0 saturated carbocycles. The molecule has 0 aliphatic rings. The Kier molecular flexibility index (Phi) is 7.38. The minimum Gasteiger partial charge on any atom is -0.459 e. The highest BCUT2D eigenvalue weighted by atomic mass is 79.9. The zero-order valence-corrected chi connectivity index (χ0v) is 18.8. The molecule has 0 unspecified atom stereocenters. The van der Waals surface area contributed by atoms with Gasteiger partial charge < -0.3 is 10.1 Å². The molecule has 7 nitrogen and oxygen atoms in total.